The van der Waals surface area contributed by atoms with Gasteiger partial charge in [0, 0.05) is 6.54 Å². The average Bonchev–Trinajstić information content (AvgIpc) is 1.69. The molecule has 1 atom stereocenters. The largest absolute Gasteiger partial charge is 0.302 e. The SMILES string of the molecule is NC1[N]CCCN1. The first-order valence-corrected chi connectivity index (χ1v) is 2.55. The Morgan fingerprint density at radius 1 is 1.71 bits per heavy atom. The predicted octanol–water partition coefficient (Wildman–Crippen LogP) is -1.17. The van der Waals surface area contributed by atoms with Crippen LogP contribution in [0.15, 0.2) is 0 Å². The maximum absolute atomic E-state index is 5.36. The molecule has 0 aromatic heterocycles. The Balaban J connectivity index is 2.12. The zero-order valence-corrected chi connectivity index (χ0v) is 4.22. The fourth-order valence-corrected chi connectivity index (χ4v) is 0.624. The lowest BCUT2D eigenvalue weighted by atomic mass is 10.4. The molecule has 7 heavy (non-hydrogen) atoms. The van der Waals surface area contributed by atoms with Gasteiger partial charge in [0.2, 0.25) is 0 Å². The van der Waals surface area contributed by atoms with Crippen molar-refractivity contribution in [3.05, 3.63) is 0 Å². The number of hydrogen-bond acceptors (Lipinski definition) is 2. The molecule has 0 aromatic carbocycles. The van der Waals surface area contributed by atoms with Crippen molar-refractivity contribution in [1.29, 1.82) is 0 Å². The topological polar surface area (TPSA) is 52.2 Å². The quantitative estimate of drug-likeness (QED) is 0.403. The number of nitrogens with zero attached hydrogens (tertiary/aromatic N) is 1. The highest BCUT2D eigenvalue weighted by molar-refractivity contribution is 4.62. The molecule has 3 N–H and O–H groups in total. The summed E-state index contributed by atoms with van der Waals surface area (Å²) in [4.78, 5) is 0. The van der Waals surface area contributed by atoms with Crippen molar-refractivity contribution in [3.63, 3.8) is 0 Å². The highest BCUT2D eigenvalue weighted by Crippen LogP contribution is 1.82. The standard InChI is InChI=1S/C4H10N3/c5-4-6-2-1-3-7-4/h4,6H,1-3,5H2. The van der Waals surface area contributed by atoms with Gasteiger partial charge in [-0.2, -0.15) is 0 Å². The Morgan fingerprint density at radius 3 is 2.86 bits per heavy atom. The molecule has 1 unspecified atom stereocenters. The summed E-state index contributed by atoms with van der Waals surface area (Å²) in [7, 11) is 0. The van der Waals surface area contributed by atoms with E-state index in [2.05, 4.69) is 10.6 Å². The molecule has 1 radical (unpaired) electrons. The second-order valence-electron chi connectivity index (χ2n) is 1.66. The Bertz CT molecular complexity index is 48.9. The van der Waals surface area contributed by atoms with E-state index in [4.69, 9.17) is 5.73 Å². The van der Waals surface area contributed by atoms with Crippen LogP contribution in [0.3, 0.4) is 0 Å². The summed E-state index contributed by atoms with van der Waals surface area (Å²) in [5.41, 5.74) is 5.36. The molecule has 1 saturated heterocycles. The fraction of sp³-hybridized carbons (Fsp3) is 1.00. The molecular formula is C4H10N3. The van der Waals surface area contributed by atoms with E-state index < -0.39 is 0 Å². The molecule has 0 aliphatic carbocycles. The minimum absolute atomic E-state index is 0.0891. The van der Waals surface area contributed by atoms with Crippen molar-refractivity contribution in [2.45, 2.75) is 12.7 Å². The molecule has 1 fully saturated rings. The Morgan fingerprint density at radius 2 is 2.57 bits per heavy atom. The number of nitrogens with one attached hydrogen (secondary N) is 1. The Hall–Kier alpha value is -0.120. The van der Waals surface area contributed by atoms with Gasteiger partial charge in [0.15, 0.2) is 0 Å². The molecule has 41 valence electrons. The third-order valence-electron chi connectivity index (χ3n) is 1.01. The molecule has 3 heteroatoms. The molecule has 3 nitrogen and oxygen atoms in total. The van der Waals surface area contributed by atoms with Crippen molar-refractivity contribution < 1.29 is 0 Å². The highest BCUT2D eigenvalue weighted by Gasteiger charge is 2.04. The van der Waals surface area contributed by atoms with E-state index in [1.54, 1.807) is 0 Å². The lowest BCUT2D eigenvalue weighted by Crippen LogP contribution is -2.49. The summed E-state index contributed by atoms with van der Waals surface area (Å²) in [5, 5.41) is 6.99. The van der Waals surface area contributed by atoms with Crippen molar-refractivity contribution in [2.75, 3.05) is 13.1 Å². The minimum Gasteiger partial charge on any atom is -0.302 e. The second-order valence-corrected chi connectivity index (χ2v) is 1.66. The van der Waals surface area contributed by atoms with E-state index in [9.17, 15) is 0 Å². The number of rotatable bonds is 0. The fourth-order valence-electron chi connectivity index (χ4n) is 0.624. The molecule has 1 rings (SSSR count). The third-order valence-corrected chi connectivity index (χ3v) is 1.01. The van der Waals surface area contributed by atoms with Gasteiger partial charge < -0.3 is 5.73 Å². The summed E-state index contributed by atoms with van der Waals surface area (Å²) < 4.78 is 0. The summed E-state index contributed by atoms with van der Waals surface area (Å²) in [6.07, 6.45) is 1.04. The second kappa shape index (κ2) is 2.26. The van der Waals surface area contributed by atoms with Crippen molar-refractivity contribution in [1.82, 2.24) is 10.6 Å². The van der Waals surface area contributed by atoms with Gasteiger partial charge in [0.25, 0.3) is 0 Å². The van der Waals surface area contributed by atoms with Crippen LogP contribution in [0.5, 0.6) is 0 Å². The zero-order chi connectivity index (χ0) is 5.11. The van der Waals surface area contributed by atoms with E-state index in [0.29, 0.717) is 0 Å². The molecule has 1 aliphatic heterocycles. The van der Waals surface area contributed by atoms with E-state index in [-0.39, 0.29) is 6.29 Å². The summed E-state index contributed by atoms with van der Waals surface area (Å²) in [6.45, 7) is 1.94. The number of hydrogen-bond donors (Lipinski definition) is 2. The van der Waals surface area contributed by atoms with E-state index >= 15 is 0 Å². The van der Waals surface area contributed by atoms with Gasteiger partial charge in [-0.1, -0.05) is 0 Å². The first kappa shape index (κ1) is 5.03. The van der Waals surface area contributed by atoms with Crippen LogP contribution in [-0.4, -0.2) is 19.4 Å². The van der Waals surface area contributed by atoms with E-state index in [1.807, 2.05) is 0 Å². The maximum Gasteiger partial charge on any atom is 0.125 e. The van der Waals surface area contributed by atoms with Gasteiger partial charge in [-0.3, -0.25) is 5.32 Å². The molecule has 0 bridgehead atoms. The minimum atomic E-state index is -0.0891. The van der Waals surface area contributed by atoms with Crippen LogP contribution in [0.1, 0.15) is 6.42 Å². The molecule has 1 aliphatic rings. The highest BCUT2D eigenvalue weighted by atomic mass is 15.2. The predicted molar refractivity (Wildman–Crippen MR) is 27.6 cm³/mol. The summed E-state index contributed by atoms with van der Waals surface area (Å²) in [6, 6.07) is 0. The monoisotopic (exact) mass is 100 g/mol. The molecule has 0 saturated carbocycles. The molecule has 0 aromatic rings. The van der Waals surface area contributed by atoms with Crippen LogP contribution in [-0.2, 0) is 0 Å². The first-order valence-electron chi connectivity index (χ1n) is 2.55. The van der Waals surface area contributed by atoms with Gasteiger partial charge in [-0.05, 0) is 13.0 Å². The summed E-state index contributed by atoms with van der Waals surface area (Å²) >= 11 is 0. The van der Waals surface area contributed by atoms with Crippen LogP contribution in [0.2, 0.25) is 0 Å². The van der Waals surface area contributed by atoms with Gasteiger partial charge in [-0.25, -0.2) is 5.32 Å². The molecule has 1 heterocycles. The lowest BCUT2D eigenvalue weighted by molar-refractivity contribution is 0.371. The molecular weight excluding hydrogens is 90.1 g/mol. The molecule has 0 spiro atoms. The van der Waals surface area contributed by atoms with E-state index in [0.717, 1.165) is 19.5 Å². The zero-order valence-electron chi connectivity index (χ0n) is 4.22. The smallest absolute Gasteiger partial charge is 0.125 e. The van der Waals surface area contributed by atoms with Crippen LogP contribution in [0.4, 0.5) is 0 Å². The Labute approximate surface area is 43.3 Å². The van der Waals surface area contributed by atoms with Crippen molar-refractivity contribution >= 4 is 0 Å². The van der Waals surface area contributed by atoms with Crippen LogP contribution >= 0.6 is 0 Å². The summed E-state index contributed by atoms with van der Waals surface area (Å²) in [5.74, 6) is 0. The first-order chi connectivity index (χ1) is 3.39. The average molecular weight is 100 g/mol. The van der Waals surface area contributed by atoms with Gasteiger partial charge in [-0.15, -0.1) is 0 Å². The normalized spacial score (nSPS) is 25.3. The lowest BCUT2D eigenvalue weighted by Gasteiger charge is -2.18. The van der Waals surface area contributed by atoms with Gasteiger partial charge >= 0.3 is 0 Å². The number of nitrogens with two attached hydrogens (primary N) is 1. The third kappa shape index (κ3) is 1.43. The van der Waals surface area contributed by atoms with Crippen LogP contribution < -0.4 is 16.4 Å². The van der Waals surface area contributed by atoms with E-state index in [1.165, 1.54) is 0 Å². The Kier molecular flexibility index (Phi) is 1.62. The van der Waals surface area contributed by atoms with Crippen LogP contribution in [0.25, 0.3) is 0 Å². The van der Waals surface area contributed by atoms with Crippen molar-refractivity contribution in [3.8, 4) is 0 Å². The molecule has 0 amide bonds. The van der Waals surface area contributed by atoms with Gasteiger partial charge in [0.1, 0.15) is 6.29 Å². The maximum atomic E-state index is 5.36. The van der Waals surface area contributed by atoms with Crippen LogP contribution in [0, 0.1) is 0 Å². The van der Waals surface area contributed by atoms with Gasteiger partial charge in [0.05, 0.1) is 0 Å². The van der Waals surface area contributed by atoms with Crippen molar-refractivity contribution in [2.24, 2.45) is 5.73 Å².